The molecule has 1 saturated carbocycles. The highest BCUT2D eigenvalue weighted by atomic mass is 16.5. The van der Waals surface area contributed by atoms with Crippen molar-refractivity contribution in [1.82, 2.24) is 15.5 Å². The molecule has 1 aromatic carbocycles. The van der Waals surface area contributed by atoms with Crippen molar-refractivity contribution in [3.63, 3.8) is 0 Å². The van der Waals surface area contributed by atoms with E-state index in [1.807, 2.05) is 24.3 Å². The van der Waals surface area contributed by atoms with Gasteiger partial charge in [0.05, 0.1) is 13.7 Å². The number of carbonyl (C=O) groups is 3. The maximum atomic E-state index is 12.1. The molecule has 2 aliphatic rings. The number of hydrogen-bond acceptors (Lipinski definition) is 5. The normalized spacial score (nSPS) is 20.0. The van der Waals surface area contributed by atoms with Crippen molar-refractivity contribution in [3.8, 4) is 0 Å². The molecule has 3 rings (SSSR count). The predicted octanol–water partition coefficient (Wildman–Crippen LogP) is 0.575. The minimum Gasteiger partial charge on any atom is -0.468 e. The number of benzene rings is 1. The topological polar surface area (TPSA) is 87.7 Å². The number of ether oxygens (including phenoxy) is 1. The van der Waals surface area contributed by atoms with E-state index >= 15 is 0 Å². The first-order valence-corrected chi connectivity index (χ1v) is 8.06. The van der Waals surface area contributed by atoms with E-state index in [1.54, 1.807) is 4.90 Å². The predicted molar refractivity (Wildman–Crippen MR) is 86.1 cm³/mol. The Bertz CT molecular complexity index is 657. The highest BCUT2D eigenvalue weighted by Gasteiger charge is 2.33. The lowest BCUT2D eigenvalue weighted by Gasteiger charge is -2.34. The van der Waals surface area contributed by atoms with Crippen molar-refractivity contribution in [2.24, 2.45) is 0 Å². The second-order valence-corrected chi connectivity index (χ2v) is 6.21. The molecule has 24 heavy (non-hydrogen) atoms. The molecule has 0 unspecified atom stereocenters. The second kappa shape index (κ2) is 7.00. The van der Waals surface area contributed by atoms with Crippen molar-refractivity contribution < 1.29 is 19.1 Å². The molecule has 1 aromatic rings. The third kappa shape index (κ3) is 3.91. The summed E-state index contributed by atoms with van der Waals surface area (Å²) in [5.41, 5.74) is 2.16. The standard InChI is InChI=1S/C17H21N3O4/c1-24-16(22)14-8-11-4-2-3-5-12(11)9-20(14)10-15(21)19-17(23)18-13-6-7-13/h2-5,13-14H,6-10H2,1H3,(H2,18,19,21,23)/t14-/m0/s1. The number of hydrogen-bond donors (Lipinski definition) is 2. The molecule has 1 fully saturated rings. The molecule has 1 atom stereocenters. The van der Waals surface area contributed by atoms with Gasteiger partial charge in [0.25, 0.3) is 0 Å². The van der Waals surface area contributed by atoms with E-state index in [1.165, 1.54) is 7.11 Å². The first kappa shape index (κ1) is 16.4. The molecule has 0 bridgehead atoms. The largest absolute Gasteiger partial charge is 0.468 e. The van der Waals surface area contributed by atoms with Gasteiger partial charge in [-0.3, -0.25) is 19.8 Å². The van der Waals surface area contributed by atoms with Gasteiger partial charge < -0.3 is 10.1 Å². The lowest BCUT2D eigenvalue weighted by Crippen LogP contribution is -2.51. The van der Waals surface area contributed by atoms with E-state index in [2.05, 4.69) is 10.6 Å². The van der Waals surface area contributed by atoms with Crippen LogP contribution in [0.15, 0.2) is 24.3 Å². The molecular weight excluding hydrogens is 310 g/mol. The van der Waals surface area contributed by atoms with E-state index in [9.17, 15) is 14.4 Å². The van der Waals surface area contributed by atoms with Crippen molar-refractivity contribution >= 4 is 17.9 Å². The van der Waals surface area contributed by atoms with Gasteiger partial charge in [-0.2, -0.15) is 0 Å². The number of urea groups is 1. The molecule has 1 aliphatic carbocycles. The summed E-state index contributed by atoms with van der Waals surface area (Å²) < 4.78 is 4.87. The molecule has 1 heterocycles. The Morgan fingerprint density at radius 2 is 1.92 bits per heavy atom. The van der Waals surface area contributed by atoms with Gasteiger partial charge in [0.15, 0.2) is 0 Å². The van der Waals surface area contributed by atoms with E-state index in [0.717, 1.165) is 24.0 Å². The summed E-state index contributed by atoms with van der Waals surface area (Å²) in [5.74, 6) is -0.804. The zero-order valence-corrected chi connectivity index (χ0v) is 13.6. The quantitative estimate of drug-likeness (QED) is 0.788. The van der Waals surface area contributed by atoms with E-state index < -0.39 is 18.0 Å². The third-order valence-corrected chi connectivity index (χ3v) is 4.33. The average Bonchev–Trinajstić information content (AvgIpc) is 3.37. The monoisotopic (exact) mass is 331 g/mol. The van der Waals surface area contributed by atoms with E-state index in [-0.39, 0.29) is 18.6 Å². The molecular formula is C17H21N3O4. The molecule has 3 amide bonds. The summed E-state index contributed by atoms with van der Waals surface area (Å²) in [5, 5.41) is 5.02. The van der Waals surface area contributed by atoms with Gasteiger partial charge >= 0.3 is 12.0 Å². The van der Waals surface area contributed by atoms with Crippen LogP contribution in [0.2, 0.25) is 0 Å². The van der Waals surface area contributed by atoms with Crippen molar-refractivity contribution in [3.05, 3.63) is 35.4 Å². The van der Waals surface area contributed by atoms with Crippen molar-refractivity contribution in [2.45, 2.75) is 37.9 Å². The van der Waals surface area contributed by atoms with Gasteiger partial charge in [-0.05, 0) is 30.4 Å². The van der Waals surface area contributed by atoms with Crippen molar-refractivity contribution in [1.29, 1.82) is 0 Å². The number of rotatable bonds is 4. The number of carbonyl (C=O) groups excluding carboxylic acids is 3. The van der Waals surface area contributed by atoms with E-state index in [0.29, 0.717) is 13.0 Å². The summed E-state index contributed by atoms with van der Waals surface area (Å²) in [6, 6.07) is 6.99. The Hall–Kier alpha value is -2.41. The van der Waals surface area contributed by atoms with Crippen LogP contribution in [0.3, 0.4) is 0 Å². The Balaban J connectivity index is 1.65. The second-order valence-electron chi connectivity index (χ2n) is 6.21. The van der Waals surface area contributed by atoms with Crippen LogP contribution < -0.4 is 10.6 Å². The van der Waals surface area contributed by atoms with Crippen LogP contribution in [-0.2, 0) is 27.3 Å². The number of fused-ring (bicyclic) bond motifs is 1. The number of esters is 1. The summed E-state index contributed by atoms with van der Waals surface area (Å²) in [6.45, 7) is 0.430. The molecule has 0 spiro atoms. The number of imide groups is 1. The highest BCUT2D eigenvalue weighted by molar-refractivity contribution is 5.95. The molecule has 1 aliphatic heterocycles. The molecule has 7 heteroatoms. The number of nitrogens with zero attached hydrogens (tertiary/aromatic N) is 1. The minimum atomic E-state index is -0.526. The molecule has 7 nitrogen and oxygen atoms in total. The van der Waals surface area contributed by atoms with Gasteiger partial charge in [0.1, 0.15) is 6.04 Å². The summed E-state index contributed by atoms with van der Waals surface area (Å²) in [4.78, 5) is 37.6. The molecule has 2 N–H and O–H groups in total. The number of methoxy groups -OCH3 is 1. The fourth-order valence-electron chi connectivity index (χ4n) is 2.91. The Kier molecular flexibility index (Phi) is 4.80. The SMILES string of the molecule is COC(=O)[C@@H]1Cc2ccccc2CN1CC(=O)NC(=O)NC1CC1. The highest BCUT2D eigenvalue weighted by Crippen LogP contribution is 2.23. The first-order valence-electron chi connectivity index (χ1n) is 8.06. The Morgan fingerprint density at radius 1 is 1.21 bits per heavy atom. The maximum Gasteiger partial charge on any atom is 0.323 e. The van der Waals surface area contributed by atoms with Crippen LogP contribution >= 0.6 is 0 Å². The summed E-state index contributed by atoms with van der Waals surface area (Å²) in [6.07, 6.45) is 2.40. The van der Waals surface area contributed by atoms with Crippen molar-refractivity contribution in [2.75, 3.05) is 13.7 Å². The lowest BCUT2D eigenvalue weighted by atomic mass is 9.94. The molecule has 128 valence electrons. The molecule has 0 aromatic heterocycles. The first-order chi connectivity index (χ1) is 11.6. The smallest absolute Gasteiger partial charge is 0.323 e. The average molecular weight is 331 g/mol. The van der Waals surface area contributed by atoms with Gasteiger partial charge in [-0.1, -0.05) is 24.3 Å². The zero-order chi connectivity index (χ0) is 17.1. The van der Waals surface area contributed by atoms with Crippen LogP contribution in [-0.4, -0.2) is 48.5 Å². The van der Waals surface area contributed by atoms with Gasteiger partial charge in [0.2, 0.25) is 5.91 Å². The van der Waals surface area contributed by atoms with Crippen LogP contribution in [0, 0.1) is 0 Å². The van der Waals surface area contributed by atoms with Gasteiger partial charge in [0, 0.05) is 12.6 Å². The van der Waals surface area contributed by atoms with Gasteiger partial charge in [-0.25, -0.2) is 4.79 Å². The van der Waals surface area contributed by atoms with E-state index in [4.69, 9.17) is 4.74 Å². The molecule has 0 radical (unpaired) electrons. The fraction of sp³-hybridized carbons (Fsp3) is 0.471. The number of amides is 3. The zero-order valence-electron chi connectivity index (χ0n) is 13.6. The fourth-order valence-corrected chi connectivity index (χ4v) is 2.91. The Morgan fingerprint density at radius 3 is 2.58 bits per heavy atom. The Labute approximate surface area is 140 Å². The molecule has 0 saturated heterocycles. The summed E-state index contributed by atoms with van der Waals surface area (Å²) in [7, 11) is 1.34. The minimum absolute atomic E-state index is 0.0355. The third-order valence-electron chi connectivity index (χ3n) is 4.33. The van der Waals surface area contributed by atoms with Crippen LogP contribution in [0.25, 0.3) is 0 Å². The summed E-state index contributed by atoms with van der Waals surface area (Å²) >= 11 is 0. The van der Waals surface area contributed by atoms with Crippen LogP contribution in [0.1, 0.15) is 24.0 Å². The van der Waals surface area contributed by atoms with Crippen LogP contribution in [0.5, 0.6) is 0 Å². The van der Waals surface area contributed by atoms with Crippen LogP contribution in [0.4, 0.5) is 4.79 Å². The number of nitrogens with one attached hydrogen (secondary N) is 2. The maximum absolute atomic E-state index is 12.1. The lowest BCUT2D eigenvalue weighted by molar-refractivity contribution is -0.148. The van der Waals surface area contributed by atoms with Gasteiger partial charge in [-0.15, -0.1) is 0 Å².